The molecule has 2 atom stereocenters. The molecule has 2 fully saturated rings. The Hall–Kier alpha value is -0.870. The van der Waals surface area contributed by atoms with E-state index >= 15 is 0 Å². The second-order valence-electron chi connectivity index (χ2n) is 6.17. The molecule has 18 heavy (non-hydrogen) atoms. The van der Waals surface area contributed by atoms with Crippen molar-refractivity contribution in [3.8, 4) is 0 Å². The van der Waals surface area contributed by atoms with Crippen LogP contribution < -0.4 is 0 Å². The van der Waals surface area contributed by atoms with Crippen molar-refractivity contribution in [2.45, 2.75) is 20.8 Å². The highest BCUT2D eigenvalue weighted by atomic mass is 32.1. The largest absolute Gasteiger partial charge is 0.380 e. The van der Waals surface area contributed by atoms with Gasteiger partial charge in [0.2, 0.25) is 0 Å². The Morgan fingerprint density at radius 3 is 2.44 bits per heavy atom. The number of hydrogen-bond donors (Lipinski definition) is 0. The first-order valence-electron chi connectivity index (χ1n) is 6.36. The molecule has 1 aromatic heterocycles. The first kappa shape index (κ1) is 12.2. The van der Waals surface area contributed by atoms with Crippen molar-refractivity contribution >= 4 is 17.2 Å². The maximum absolute atomic E-state index is 12.5. The van der Waals surface area contributed by atoms with Crippen LogP contribution in [0.3, 0.4) is 0 Å². The van der Waals surface area contributed by atoms with Gasteiger partial charge in [-0.05, 0) is 18.4 Å². The van der Waals surface area contributed by atoms with Crippen molar-refractivity contribution in [3.63, 3.8) is 0 Å². The standard InChI is InChI=1S/C14H19NO2S/c1-10-11(4-5-18-10)12(16)15-6-13(2)8-17-9-14(13,3)7-15/h4-5H,6-9H2,1-3H3/t13-,14+. The van der Waals surface area contributed by atoms with Crippen LogP contribution in [0.5, 0.6) is 0 Å². The third-order valence-corrected chi connectivity index (χ3v) is 5.60. The number of fused-ring (bicyclic) bond motifs is 1. The predicted molar refractivity (Wildman–Crippen MR) is 72.0 cm³/mol. The highest BCUT2D eigenvalue weighted by Gasteiger charge is 2.57. The summed E-state index contributed by atoms with van der Waals surface area (Å²) in [4.78, 5) is 15.7. The van der Waals surface area contributed by atoms with Crippen LogP contribution in [0, 0.1) is 17.8 Å². The SMILES string of the molecule is Cc1sccc1C(=O)N1C[C@]2(C)COC[C@]2(C)C1. The van der Waals surface area contributed by atoms with Gasteiger partial charge in [0.25, 0.3) is 5.91 Å². The van der Waals surface area contributed by atoms with Crippen molar-refractivity contribution in [1.29, 1.82) is 0 Å². The summed E-state index contributed by atoms with van der Waals surface area (Å²) in [6.07, 6.45) is 0. The van der Waals surface area contributed by atoms with Gasteiger partial charge in [0.15, 0.2) is 0 Å². The number of carbonyl (C=O) groups is 1. The van der Waals surface area contributed by atoms with Gasteiger partial charge in [-0.2, -0.15) is 0 Å². The Labute approximate surface area is 112 Å². The lowest BCUT2D eigenvalue weighted by Gasteiger charge is -2.29. The van der Waals surface area contributed by atoms with E-state index in [9.17, 15) is 4.79 Å². The normalized spacial score (nSPS) is 34.9. The van der Waals surface area contributed by atoms with E-state index in [-0.39, 0.29) is 16.7 Å². The minimum Gasteiger partial charge on any atom is -0.380 e. The average Bonchev–Trinajstić information content (AvgIpc) is 2.89. The molecule has 0 aliphatic carbocycles. The highest BCUT2D eigenvalue weighted by Crippen LogP contribution is 2.50. The summed E-state index contributed by atoms with van der Waals surface area (Å²) in [7, 11) is 0. The van der Waals surface area contributed by atoms with E-state index in [4.69, 9.17) is 4.74 Å². The number of amides is 1. The van der Waals surface area contributed by atoms with Crippen molar-refractivity contribution in [2.75, 3.05) is 26.3 Å². The molecule has 1 aromatic rings. The van der Waals surface area contributed by atoms with Gasteiger partial charge >= 0.3 is 0 Å². The molecular weight excluding hydrogens is 246 g/mol. The first-order valence-corrected chi connectivity index (χ1v) is 7.24. The van der Waals surface area contributed by atoms with Gasteiger partial charge in [0, 0.05) is 28.8 Å². The third kappa shape index (κ3) is 1.55. The fourth-order valence-corrected chi connectivity index (χ4v) is 3.83. The second-order valence-corrected chi connectivity index (χ2v) is 7.29. The molecule has 2 aliphatic rings. The summed E-state index contributed by atoms with van der Waals surface area (Å²) < 4.78 is 5.62. The number of likely N-dealkylation sites (tertiary alicyclic amines) is 1. The van der Waals surface area contributed by atoms with E-state index < -0.39 is 0 Å². The molecule has 2 aliphatic heterocycles. The van der Waals surface area contributed by atoms with Gasteiger partial charge in [-0.25, -0.2) is 0 Å². The number of thiophene rings is 1. The number of hydrogen-bond acceptors (Lipinski definition) is 3. The summed E-state index contributed by atoms with van der Waals surface area (Å²) in [6, 6.07) is 1.94. The molecule has 98 valence electrons. The van der Waals surface area contributed by atoms with Crippen LogP contribution in [0.1, 0.15) is 29.1 Å². The summed E-state index contributed by atoms with van der Waals surface area (Å²) >= 11 is 1.64. The topological polar surface area (TPSA) is 29.5 Å². The molecular formula is C14H19NO2S. The number of nitrogens with zero attached hydrogens (tertiary/aromatic N) is 1. The van der Waals surface area contributed by atoms with E-state index in [2.05, 4.69) is 13.8 Å². The van der Waals surface area contributed by atoms with Crippen LogP contribution in [0.15, 0.2) is 11.4 Å². The number of carbonyl (C=O) groups excluding carboxylic acids is 1. The summed E-state index contributed by atoms with van der Waals surface area (Å²) in [6.45, 7) is 9.68. The average molecular weight is 265 g/mol. The van der Waals surface area contributed by atoms with Gasteiger partial charge < -0.3 is 9.64 Å². The fourth-order valence-electron chi connectivity index (χ4n) is 3.14. The van der Waals surface area contributed by atoms with Crippen molar-refractivity contribution in [1.82, 2.24) is 4.90 Å². The first-order chi connectivity index (χ1) is 8.45. The van der Waals surface area contributed by atoms with Crippen LogP contribution >= 0.6 is 11.3 Å². The lowest BCUT2D eigenvalue weighted by Crippen LogP contribution is -2.34. The lowest BCUT2D eigenvalue weighted by molar-refractivity contribution is 0.0716. The molecule has 0 N–H and O–H groups in total. The molecule has 2 saturated heterocycles. The molecule has 0 radical (unpaired) electrons. The van der Waals surface area contributed by atoms with E-state index in [1.165, 1.54) is 0 Å². The minimum atomic E-state index is 0.118. The van der Waals surface area contributed by atoms with Crippen LogP contribution in [0.4, 0.5) is 0 Å². The summed E-state index contributed by atoms with van der Waals surface area (Å²) in [5.74, 6) is 0.186. The maximum Gasteiger partial charge on any atom is 0.255 e. The molecule has 1 amide bonds. The number of ether oxygens (including phenoxy) is 1. The molecule has 0 spiro atoms. The summed E-state index contributed by atoms with van der Waals surface area (Å²) in [5, 5.41) is 1.99. The third-order valence-electron chi connectivity index (χ3n) is 4.75. The fraction of sp³-hybridized carbons (Fsp3) is 0.643. The van der Waals surface area contributed by atoms with Crippen LogP contribution in [-0.4, -0.2) is 37.1 Å². The zero-order chi connectivity index (χ0) is 13.0. The Morgan fingerprint density at radius 1 is 1.33 bits per heavy atom. The smallest absolute Gasteiger partial charge is 0.255 e. The molecule has 0 unspecified atom stereocenters. The second kappa shape index (κ2) is 3.81. The van der Waals surface area contributed by atoms with Crippen LogP contribution in [0.2, 0.25) is 0 Å². The molecule has 4 heteroatoms. The molecule has 3 rings (SSSR count). The van der Waals surface area contributed by atoms with E-state index in [0.717, 1.165) is 36.7 Å². The van der Waals surface area contributed by atoms with Gasteiger partial charge in [-0.3, -0.25) is 4.79 Å². The van der Waals surface area contributed by atoms with Crippen LogP contribution in [0.25, 0.3) is 0 Å². The quantitative estimate of drug-likeness (QED) is 0.781. The van der Waals surface area contributed by atoms with Gasteiger partial charge in [-0.15, -0.1) is 11.3 Å². The van der Waals surface area contributed by atoms with Crippen molar-refractivity contribution in [2.24, 2.45) is 10.8 Å². The van der Waals surface area contributed by atoms with E-state index in [0.29, 0.717) is 0 Å². The highest BCUT2D eigenvalue weighted by molar-refractivity contribution is 7.10. The van der Waals surface area contributed by atoms with Gasteiger partial charge in [0.1, 0.15) is 0 Å². The molecule has 0 saturated carbocycles. The maximum atomic E-state index is 12.5. The Bertz CT molecular complexity index is 480. The zero-order valence-corrected chi connectivity index (χ0v) is 12.0. The lowest BCUT2D eigenvalue weighted by atomic mass is 9.71. The molecule has 3 nitrogen and oxygen atoms in total. The minimum absolute atomic E-state index is 0.118. The van der Waals surface area contributed by atoms with E-state index in [1.54, 1.807) is 11.3 Å². The van der Waals surface area contributed by atoms with Crippen LogP contribution in [-0.2, 0) is 4.74 Å². The Kier molecular flexibility index (Phi) is 2.58. The monoisotopic (exact) mass is 265 g/mol. The Balaban J connectivity index is 1.85. The zero-order valence-electron chi connectivity index (χ0n) is 11.2. The molecule has 0 bridgehead atoms. The van der Waals surface area contributed by atoms with Crippen molar-refractivity contribution < 1.29 is 9.53 Å². The Morgan fingerprint density at radius 2 is 1.94 bits per heavy atom. The predicted octanol–water partition coefficient (Wildman–Crippen LogP) is 2.56. The van der Waals surface area contributed by atoms with Gasteiger partial charge in [0.05, 0.1) is 18.8 Å². The molecule has 3 heterocycles. The van der Waals surface area contributed by atoms with Crippen molar-refractivity contribution in [3.05, 3.63) is 21.9 Å². The number of aryl methyl sites for hydroxylation is 1. The van der Waals surface area contributed by atoms with Gasteiger partial charge in [-0.1, -0.05) is 13.8 Å². The summed E-state index contributed by atoms with van der Waals surface area (Å²) in [5.41, 5.74) is 1.10. The number of rotatable bonds is 1. The molecule has 0 aromatic carbocycles. The van der Waals surface area contributed by atoms with E-state index in [1.807, 2.05) is 23.3 Å².